The molecule has 0 N–H and O–H groups in total. The van der Waals surface area contributed by atoms with E-state index < -0.39 is 5.97 Å². The van der Waals surface area contributed by atoms with Gasteiger partial charge < -0.3 is 14.2 Å². The molecule has 2 aromatic rings. The normalized spacial score (nSPS) is 14.6. The first-order valence-corrected chi connectivity index (χ1v) is 9.59. The average molecular weight is 382 g/mol. The number of ether oxygens (including phenoxy) is 3. The lowest BCUT2D eigenvalue weighted by Crippen LogP contribution is -2.27. The Morgan fingerprint density at radius 1 is 1.11 bits per heavy atom. The summed E-state index contributed by atoms with van der Waals surface area (Å²) in [5.41, 5.74) is 2.71. The lowest BCUT2D eigenvalue weighted by Gasteiger charge is -2.33. The van der Waals surface area contributed by atoms with Crippen LogP contribution in [0.25, 0.3) is 0 Å². The molecule has 0 bridgehead atoms. The maximum atomic E-state index is 12.7. The first-order chi connectivity index (χ1) is 13.3. The number of rotatable bonds is 5. The Morgan fingerprint density at radius 2 is 1.82 bits per heavy atom. The standard InChI is InChI=1S/C23H26O5/c1-5-11-27-21(24)16-6-8-17(9-7-16)28-22(25)18-14-19-20(13-15(18)2)26-12-10-23(19,3)4/h6-9,13-14H,5,10-12H2,1-4H3. The highest BCUT2D eigenvalue weighted by Crippen LogP contribution is 2.39. The van der Waals surface area contributed by atoms with Crippen LogP contribution in [-0.4, -0.2) is 25.2 Å². The molecule has 1 aliphatic heterocycles. The summed E-state index contributed by atoms with van der Waals surface area (Å²) >= 11 is 0. The summed E-state index contributed by atoms with van der Waals surface area (Å²) in [5, 5.41) is 0. The summed E-state index contributed by atoms with van der Waals surface area (Å²) in [6.45, 7) is 9.16. The molecule has 0 saturated heterocycles. The van der Waals surface area contributed by atoms with Crippen LogP contribution in [-0.2, 0) is 10.2 Å². The van der Waals surface area contributed by atoms with Crippen molar-refractivity contribution in [3.63, 3.8) is 0 Å². The molecule has 0 atom stereocenters. The molecule has 1 aliphatic rings. The minimum atomic E-state index is -0.428. The van der Waals surface area contributed by atoms with Gasteiger partial charge in [-0.2, -0.15) is 0 Å². The highest BCUT2D eigenvalue weighted by molar-refractivity contribution is 5.93. The van der Waals surface area contributed by atoms with E-state index in [4.69, 9.17) is 14.2 Å². The molecule has 0 amide bonds. The van der Waals surface area contributed by atoms with E-state index in [1.807, 2.05) is 26.0 Å². The lowest BCUT2D eigenvalue weighted by atomic mass is 9.78. The van der Waals surface area contributed by atoms with Crippen molar-refractivity contribution in [2.24, 2.45) is 0 Å². The number of benzene rings is 2. The Morgan fingerprint density at radius 3 is 2.50 bits per heavy atom. The monoisotopic (exact) mass is 382 g/mol. The van der Waals surface area contributed by atoms with E-state index in [2.05, 4.69) is 13.8 Å². The number of aryl methyl sites for hydroxylation is 1. The zero-order valence-electron chi connectivity index (χ0n) is 16.8. The van der Waals surface area contributed by atoms with Crippen molar-refractivity contribution >= 4 is 11.9 Å². The maximum Gasteiger partial charge on any atom is 0.343 e. The van der Waals surface area contributed by atoms with Crippen molar-refractivity contribution in [1.29, 1.82) is 0 Å². The van der Waals surface area contributed by atoms with Crippen molar-refractivity contribution in [3.05, 3.63) is 58.7 Å². The van der Waals surface area contributed by atoms with E-state index in [1.165, 1.54) is 0 Å². The predicted octanol–water partition coefficient (Wildman–Crippen LogP) is 4.84. The molecule has 5 heteroatoms. The molecule has 0 saturated carbocycles. The van der Waals surface area contributed by atoms with E-state index in [1.54, 1.807) is 24.3 Å². The molecule has 148 valence electrons. The number of hydrogen-bond donors (Lipinski definition) is 0. The SMILES string of the molecule is CCCOC(=O)c1ccc(OC(=O)c2cc3c(cc2C)OCCC3(C)C)cc1. The van der Waals surface area contributed by atoms with Gasteiger partial charge in [-0.05, 0) is 67.1 Å². The number of hydrogen-bond acceptors (Lipinski definition) is 5. The minimum Gasteiger partial charge on any atom is -0.493 e. The van der Waals surface area contributed by atoms with Gasteiger partial charge in [0.1, 0.15) is 11.5 Å². The third-order valence-electron chi connectivity index (χ3n) is 5.00. The summed E-state index contributed by atoms with van der Waals surface area (Å²) in [7, 11) is 0. The molecule has 2 aromatic carbocycles. The van der Waals surface area contributed by atoms with E-state index in [-0.39, 0.29) is 11.4 Å². The van der Waals surface area contributed by atoms with E-state index in [9.17, 15) is 9.59 Å². The summed E-state index contributed by atoms with van der Waals surface area (Å²) in [6.07, 6.45) is 1.66. The lowest BCUT2D eigenvalue weighted by molar-refractivity contribution is 0.0505. The summed E-state index contributed by atoms with van der Waals surface area (Å²) < 4.78 is 16.4. The van der Waals surface area contributed by atoms with Gasteiger partial charge in [-0.3, -0.25) is 0 Å². The molecule has 1 heterocycles. The zero-order chi connectivity index (χ0) is 20.3. The van der Waals surface area contributed by atoms with Gasteiger partial charge in [-0.25, -0.2) is 9.59 Å². The van der Waals surface area contributed by atoms with Gasteiger partial charge in [0.05, 0.1) is 24.3 Å². The topological polar surface area (TPSA) is 61.8 Å². The Balaban J connectivity index is 1.77. The van der Waals surface area contributed by atoms with Crippen LogP contribution >= 0.6 is 0 Å². The van der Waals surface area contributed by atoms with Crippen molar-refractivity contribution < 1.29 is 23.8 Å². The molecule has 0 aromatic heterocycles. The van der Waals surface area contributed by atoms with Crippen molar-refractivity contribution in [2.75, 3.05) is 13.2 Å². The van der Waals surface area contributed by atoms with Gasteiger partial charge in [0.15, 0.2) is 0 Å². The van der Waals surface area contributed by atoms with Gasteiger partial charge >= 0.3 is 11.9 Å². The van der Waals surface area contributed by atoms with Crippen molar-refractivity contribution in [2.45, 2.75) is 46.0 Å². The Hall–Kier alpha value is -2.82. The number of carbonyl (C=O) groups is 2. The Bertz CT molecular complexity index is 881. The fourth-order valence-corrected chi connectivity index (χ4v) is 3.20. The largest absolute Gasteiger partial charge is 0.493 e. The summed E-state index contributed by atoms with van der Waals surface area (Å²) in [6, 6.07) is 10.2. The molecule has 3 rings (SSSR count). The maximum absolute atomic E-state index is 12.7. The molecule has 0 unspecified atom stereocenters. The van der Waals surface area contributed by atoms with E-state index >= 15 is 0 Å². The van der Waals surface area contributed by atoms with Gasteiger partial charge in [0.25, 0.3) is 0 Å². The van der Waals surface area contributed by atoms with Crippen molar-refractivity contribution in [1.82, 2.24) is 0 Å². The molecule has 0 spiro atoms. The average Bonchev–Trinajstić information content (AvgIpc) is 2.66. The fraction of sp³-hybridized carbons (Fsp3) is 0.391. The second-order valence-corrected chi connectivity index (χ2v) is 7.70. The highest BCUT2D eigenvalue weighted by atomic mass is 16.5. The van der Waals surface area contributed by atoms with Crippen LogP contribution in [0, 0.1) is 6.92 Å². The number of carbonyl (C=O) groups excluding carboxylic acids is 2. The molecule has 0 aliphatic carbocycles. The third kappa shape index (κ3) is 4.19. The molecule has 5 nitrogen and oxygen atoms in total. The first-order valence-electron chi connectivity index (χ1n) is 9.59. The third-order valence-corrected chi connectivity index (χ3v) is 5.00. The smallest absolute Gasteiger partial charge is 0.343 e. The number of esters is 2. The van der Waals surface area contributed by atoms with E-state index in [0.29, 0.717) is 30.1 Å². The summed E-state index contributed by atoms with van der Waals surface area (Å²) in [4.78, 5) is 24.6. The fourth-order valence-electron chi connectivity index (χ4n) is 3.20. The van der Waals surface area contributed by atoms with Crippen LogP contribution in [0.4, 0.5) is 0 Å². The van der Waals surface area contributed by atoms with Crippen LogP contribution in [0.3, 0.4) is 0 Å². The Kier molecular flexibility index (Phi) is 5.73. The van der Waals surface area contributed by atoms with E-state index in [0.717, 1.165) is 29.7 Å². The van der Waals surface area contributed by atoms with Crippen LogP contribution in [0.2, 0.25) is 0 Å². The quantitative estimate of drug-likeness (QED) is 0.547. The van der Waals surface area contributed by atoms with Crippen LogP contribution in [0.5, 0.6) is 11.5 Å². The molecular formula is C23H26O5. The van der Waals surface area contributed by atoms with Crippen LogP contribution in [0.15, 0.2) is 36.4 Å². The second-order valence-electron chi connectivity index (χ2n) is 7.70. The Labute approximate surface area is 165 Å². The first kappa shape index (κ1) is 19.9. The van der Waals surface area contributed by atoms with Gasteiger partial charge in [0.2, 0.25) is 0 Å². The molecular weight excluding hydrogens is 356 g/mol. The number of fused-ring (bicyclic) bond motifs is 1. The van der Waals surface area contributed by atoms with Crippen LogP contribution < -0.4 is 9.47 Å². The highest BCUT2D eigenvalue weighted by Gasteiger charge is 2.30. The zero-order valence-corrected chi connectivity index (χ0v) is 16.8. The van der Waals surface area contributed by atoms with Gasteiger partial charge in [0, 0.05) is 5.56 Å². The molecule has 0 radical (unpaired) electrons. The predicted molar refractivity (Wildman–Crippen MR) is 106 cm³/mol. The second kappa shape index (κ2) is 8.05. The molecule has 28 heavy (non-hydrogen) atoms. The molecule has 0 fully saturated rings. The van der Waals surface area contributed by atoms with Gasteiger partial charge in [-0.15, -0.1) is 0 Å². The van der Waals surface area contributed by atoms with Crippen molar-refractivity contribution in [3.8, 4) is 11.5 Å². The van der Waals surface area contributed by atoms with Gasteiger partial charge in [-0.1, -0.05) is 20.8 Å². The minimum absolute atomic E-state index is 0.0587. The summed E-state index contributed by atoms with van der Waals surface area (Å²) in [5.74, 6) is 0.403. The van der Waals surface area contributed by atoms with Crippen LogP contribution in [0.1, 0.15) is 65.5 Å².